The molecule has 1 saturated carbocycles. The molecule has 3 rings (SSSR count). The average molecular weight is 305 g/mol. The second kappa shape index (κ2) is 5.74. The van der Waals surface area contributed by atoms with Crippen LogP contribution in [0.4, 0.5) is 5.69 Å². The molecule has 4 nitrogen and oxygen atoms in total. The van der Waals surface area contributed by atoms with E-state index in [0.717, 1.165) is 42.7 Å². The Morgan fingerprint density at radius 1 is 1.23 bits per heavy atom. The molecule has 3 N–H and O–H groups in total. The number of rotatable bonds is 3. The third-order valence-electron chi connectivity index (χ3n) is 4.86. The van der Waals surface area contributed by atoms with Crippen molar-refractivity contribution in [1.29, 1.82) is 0 Å². The zero-order chi connectivity index (χ0) is 15.8. The quantitative estimate of drug-likeness (QED) is 0.801. The van der Waals surface area contributed by atoms with Crippen LogP contribution in [-0.2, 0) is 0 Å². The molecule has 0 saturated heterocycles. The van der Waals surface area contributed by atoms with Gasteiger partial charge in [0.1, 0.15) is 11.4 Å². The van der Waals surface area contributed by atoms with Crippen molar-refractivity contribution in [2.75, 3.05) is 11.9 Å². The van der Waals surface area contributed by atoms with E-state index in [2.05, 4.69) is 5.32 Å². The molecule has 0 radical (unpaired) electrons. The lowest BCUT2D eigenvalue weighted by Crippen LogP contribution is -2.39. The monoisotopic (exact) mass is 305 g/mol. The summed E-state index contributed by atoms with van der Waals surface area (Å²) in [4.78, 5) is 0. The summed E-state index contributed by atoms with van der Waals surface area (Å²) in [5, 5.41) is 24.3. The van der Waals surface area contributed by atoms with E-state index in [1.165, 1.54) is 6.42 Å². The average Bonchev–Trinajstić information content (AvgIpc) is 2.45. The number of nitrogens with one attached hydrogen (secondary N) is 1. The van der Waals surface area contributed by atoms with Gasteiger partial charge in [-0.15, -0.1) is 0 Å². The molecule has 0 amide bonds. The lowest BCUT2D eigenvalue weighted by atomic mass is 9.85. The fourth-order valence-electron chi connectivity index (χ4n) is 3.61. The number of anilines is 1. The summed E-state index contributed by atoms with van der Waals surface area (Å²) in [5.74, 6) is 0.727. The first kappa shape index (κ1) is 15.6. The van der Waals surface area contributed by atoms with Crippen molar-refractivity contribution in [3.05, 3.63) is 23.8 Å². The van der Waals surface area contributed by atoms with Gasteiger partial charge in [-0.2, -0.15) is 0 Å². The Balaban J connectivity index is 1.79. The molecule has 4 heteroatoms. The SMILES string of the molecule is CC1(C)CC(O)c2cccc(NCC3(O)CCCCC3)c2O1. The second-order valence-electron chi connectivity index (χ2n) is 7.44. The van der Waals surface area contributed by atoms with Crippen molar-refractivity contribution in [1.82, 2.24) is 0 Å². The summed E-state index contributed by atoms with van der Waals surface area (Å²) < 4.78 is 6.09. The van der Waals surface area contributed by atoms with Crippen LogP contribution in [0.2, 0.25) is 0 Å². The molecule has 2 aliphatic rings. The number of benzene rings is 1. The maximum absolute atomic E-state index is 10.6. The highest BCUT2D eigenvalue weighted by atomic mass is 16.5. The Hall–Kier alpha value is -1.26. The summed E-state index contributed by atoms with van der Waals surface area (Å²) in [6, 6.07) is 5.80. The van der Waals surface area contributed by atoms with Crippen molar-refractivity contribution < 1.29 is 14.9 Å². The zero-order valence-electron chi connectivity index (χ0n) is 13.6. The fraction of sp³-hybridized carbons (Fsp3) is 0.667. The van der Waals surface area contributed by atoms with Crippen molar-refractivity contribution in [3.8, 4) is 5.75 Å². The van der Waals surface area contributed by atoms with E-state index >= 15 is 0 Å². The molecule has 0 aromatic heterocycles. The van der Waals surface area contributed by atoms with Crippen molar-refractivity contribution in [2.45, 2.75) is 69.7 Å². The third kappa shape index (κ3) is 3.23. The van der Waals surface area contributed by atoms with Gasteiger partial charge in [0.15, 0.2) is 0 Å². The molecule has 1 aromatic rings. The second-order valence-corrected chi connectivity index (χ2v) is 7.44. The highest BCUT2D eigenvalue weighted by Crippen LogP contribution is 2.43. The fourth-order valence-corrected chi connectivity index (χ4v) is 3.61. The summed E-state index contributed by atoms with van der Waals surface area (Å²) in [7, 11) is 0. The molecule has 1 unspecified atom stereocenters. The molecule has 1 aliphatic heterocycles. The predicted octanol–water partition coefficient (Wildman–Crippen LogP) is 3.39. The minimum atomic E-state index is -0.621. The number of ether oxygens (including phenoxy) is 1. The standard InChI is InChI=1S/C18H27NO3/c1-17(2)11-15(20)13-7-6-8-14(16(13)22-17)19-12-18(21)9-4-3-5-10-18/h6-8,15,19-21H,3-5,9-12H2,1-2H3. The molecule has 1 aromatic carbocycles. The minimum Gasteiger partial charge on any atom is -0.485 e. The van der Waals surface area contributed by atoms with E-state index in [1.807, 2.05) is 32.0 Å². The molecular formula is C18H27NO3. The predicted molar refractivity (Wildman–Crippen MR) is 87.3 cm³/mol. The van der Waals surface area contributed by atoms with Gasteiger partial charge < -0.3 is 20.3 Å². The van der Waals surface area contributed by atoms with Gasteiger partial charge in [-0.05, 0) is 32.8 Å². The van der Waals surface area contributed by atoms with Crippen molar-refractivity contribution in [2.24, 2.45) is 0 Å². The van der Waals surface area contributed by atoms with Crippen LogP contribution in [0.25, 0.3) is 0 Å². The van der Waals surface area contributed by atoms with Gasteiger partial charge in [0.05, 0.1) is 17.4 Å². The molecule has 0 bridgehead atoms. The Kier molecular flexibility index (Phi) is 4.08. The number of para-hydroxylation sites is 1. The van der Waals surface area contributed by atoms with Gasteiger partial charge in [0, 0.05) is 18.5 Å². The Bertz CT molecular complexity index is 535. The van der Waals surface area contributed by atoms with Crippen LogP contribution in [0.5, 0.6) is 5.75 Å². The van der Waals surface area contributed by atoms with E-state index in [-0.39, 0.29) is 5.60 Å². The Morgan fingerprint density at radius 3 is 2.68 bits per heavy atom. The van der Waals surface area contributed by atoms with E-state index in [4.69, 9.17) is 4.74 Å². The molecule has 122 valence electrons. The van der Waals surface area contributed by atoms with Gasteiger partial charge in [-0.3, -0.25) is 0 Å². The lowest BCUT2D eigenvalue weighted by Gasteiger charge is -2.37. The molecule has 1 aliphatic carbocycles. The van der Waals surface area contributed by atoms with Gasteiger partial charge in [-0.25, -0.2) is 0 Å². The number of aliphatic hydroxyl groups excluding tert-OH is 1. The van der Waals surface area contributed by atoms with Crippen LogP contribution < -0.4 is 10.1 Å². The zero-order valence-corrected chi connectivity index (χ0v) is 13.6. The highest BCUT2D eigenvalue weighted by molar-refractivity contribution is 5.62. The smallest absolute Gasteiger partial charge is 0.148 e. The molecule has 1 atom stereocenters. The van der Waals surface area contributed by atoms with Crippen molar-refractivity contribution >= 4 is 5.69 Å². The highest BCUT2D eigenvalue weighted by Gasteiger charge is 2.35. The first-order valence-corrected chi connectivity index (χ1v) is 8.35. The molecule has 1 fully saturated rings. The summed E-state index contributed by atoms with van der Waals surface area (Å²) in [6.45, 7) is 4.51. The van der Waals surface area contributed by atoms with Crippen LogP contribution in [0.1, 0.15) is 64.0 Å². The van der Waals surface area contributed by atoms with Gasteiger partial charge >= 0.3 is 0 Å². The van der Waals surface area contributed by atoms with Gasteiger partial charge in [-0.1, -0.05) is 31.4 Å². The normalized spacial score (nSPS) is 25.9. The number of aliphatic hydroxyl groups is 2. The van der Waals surface area contributed by atoms with Crippen LogP contribution in [0, 0.1) is 0 Å². The van der Waals surface area contributed by atoms with Crippen molar-refractivity contribution in [3.63, 3.8) is 0 Å². The van der Waals surface area contributed by atoms with E-state index < -0.39 is 11.7 Å². The van der Waals surface area contributed by atoms with E-state index in [0.29, 0.717) is 13.0 Å². The first-order valence-electron chi connectivity index (χ1n) is 8.35. The largest absolute Gasteiger partial charge is 0.485 e. The summed E-state index contributed by atoms with van der Waals surface area (Å²) >= 11 is 0. The number of hydrogen-bond donors (Lipinski definition) is 3. The maximum Gasteiger partial charge on any atom is 0.148 e. The lowest BCUT2D eigenvalue weighted by molar-refractivity contribution is 0.0110. The summed E-state index contributed by atoms with van der Waals surface area (Å²) in [6.07, 6.45) is 5.19. The van der Waals surface area contributed by atoms with Gasteiger partial charge in [0.2, 0.25) is 0 Å². The number of hydrogen-bond acceptors (Lipinski definition) is 4. The van der Waals surface area contributed by atoms with Gasteiger partial charge in [0.25, 0.3) is 0 Å². The maximum atomic E-state index is 10.6. The van der Waals surface area contributed by atoms with Crippen LogP contribution in [0.3, 0.4) is 0 Å². The molecule has 22 heavy (non-hydrogen) atoms. The van der Waals surface area contributed by atoms with E-state index in [1.54, 1.807) is 0 Å². The molecule has 0 spiro atoms. The molecule has 1 heterocycles. The Morgan fingerprint density at radius 2 is 1.95 bits per heavy atom. The van der Waals surface area contributed by atoms with Crippen LogP contribution in [-0.4, -0.2) is 28.0 Å². The topological polar surface area (TPSA) is 61.7 Å². The minimum absolute atomic E-state index is 0.383. The van der Waals surface area contributed by atoms with Crippen LogP contribution >= 0.6 is 0 Å². The Labute approximate surface area is 132 Å². The van der Waals surface area contributed by atoms with E-state index in [9.17, 15) is 10.2 Å². The first-order chi connectivity index (χ1) is 10.4. The molecular weight excluding hydrogens is 278 g/mol. The van der Waals surface area contributed by atoms with Crippen LogP contribution in [0.15, 0.2) is 18.2 Å². The summed E-state index contributed by atoms with van der Waals surface area (Å²) in [5.41, 5.74) is 0.693. The third-order valence-corrected chi connectivity index (χ3v) is 4.86. The number of fused-ring (bicyclic) bond motifs is 1.